The van der Waals surface area contributed by atoms with Gasteiger partial charge in [0.1, 0.15) is 17.4 Å². The Hall–Kier alpha value is -3.26. The van der Waals surface area contributed by atoms with E-state index in [4.69, 9.17) is 14.7 Å². The first kappa shape index (κ1) is 19.4. The van der Waals surface area contributed by atoms with Crippen molar-refractivity contribution in [1.82, 2.24) is 20.3 Å². The summed E-state index contributed by atoms with van der Waals surface area (Å²) in [5.41, 5.74) is 5.44. The lowest BCUT2D eigenvalue weighted by molar-refractivity contribution is 0.228. The highest BCUT2D eigenvalue weighted by molar-refractivity contribution is 5.88. The first-order valence-electron chi connectivity index (χ1n) is 11.1. The van der Waals surface area contributed by atoms with Gasteiger partial charge in [0.25, 0.3) is 0 Å². The van der Waals surface area contributed by atoms with Crippen LogP contribution in [0.1, 0.15) is 23.4 Å². The smallest absolute Gasteiger partial charge is 0.324 e. The number of halogens is 1. The Labute approximate surface area is 186 Å². The van der Waals surface area contributed by atoms with Crippen LogP contribution in [0, 0.1) is 18.7 Å². The topological polar surface area (TPSA) is 75.2 Å². The van der Waals surface area contributed by atoms with E-state index in [1.807, 2.05) is 26.1 Å². The zero-order valence-corrected chi connectivity index (χ0v) is 18.2. The quantitative estimate of drug-likeness (QED) is 0.511. The predicted octanol–water partition coefficient (Wildman–Crippen LogP) is 3.52. The number of hydrogen-bond acceptors (Lipinski definition) is 7. The Morgan fingerprint density at radius 1 is 1.25 bits per heavy atom. The van der Waals surface area contributed by atoms with Crippen molar-refractivity contribution in [3.8, 4) is 22.9 Å². The van der Waals surface area contributed by atoms with E-state index in [0.717, 1.165) is 65.6 Å². The molecular weight excluding hydrogens is 407 g/mol. The highest BCUT2D eigenvalue weighted by Crippen LogP contribution is 2.48. The van der Waals surface area contributed by atoms with Gasteiger partial charge in [-0.25, -0.2) is 4.39 Å². The molecule has 3 aliphatic rings. The van der Waals surface area contributed by atoms with Crippen LogP contribution in [0.25, 0.3) is 11.1 Å². The summed E-state index contributed by atoms with van der Waals surface area (Å²) in [6, 6.07) is 7.66. The van der Waals surface area contributed by atoms with Crippen LogP contribution in [-0.2, 0) is 6.42 Å². The molecule has 164 valence electrons. The van der Waals surface area contributed by atoms with Crippen molar-refractivity contribution in [2.45, 2.75) is 25.8 Å². The first-order valence-corrected chi connectivity index (χ1v) is 11.1. The van der Waals surface area contributed by atoms with E-state index in [2.05, 4.69) is 20.5 Å². The van der Waals surface area contributed by atoms with E-state index in [1.54, 1.807) is 18.3 Å². The van der Waals surface area contributed by atoms with Gasteiger partial charge in [-0.3, -0.25) is 4.98 Å². The molecule has 4 heterocycles. The van der Waals surface area contributed by atoms with Crippen molar-refractivity contribution in [2.24, 2.45) is 5.92 Å². The molecular formula is C24H25FN6O. The van der Waals surface area contributed by atoms with Gasteiger partial charge in [0, 0.05) is 55.5 Å². The van der Waals surface area contributed by atoms with Crippen LogP contribution in [0.5, 0.6) is 11.8 Å². The van der Waals surface area contributed by atoms with Crippen LogP contribution in [0.2, 0.25) is 0 Å². The molecule has 0 saturated carbocycles. The van der Waals surface area contributed by atoms with Crippen molar-refractivity contribution in [1.29, 1.82) is 0 Å². The van der Waals surface area contributed by atoms with Gasteiger partial charge in [0.2, 0.25) is 0 Å². The molecule has 32 heavy (non-hydrogen) atoms. The fraction of sp³-hybridized carbons (Fsp3) is 0.375. The Morgan fingerprint density at radius 3 is 2.94 bits per heavy atom. The number of nitrogens with zero attached hydrogens (tertiary/aromatic N) is 4. The fourth-order valence-corrected chi connectivity index (χ4v) is 5.19. The van der Waals surface area contributed by atoms with Crippen LogP contribution in [-0.4, -0.2) is 47.7 Å². The van der Waals surface area contributed by atoms with E-state index in [0.29, 0.717) is 30.1 Å². The summed E-state index contributed by atoms with van der Waals surface area (Å²) >= 11 is 0. The third kappa shape index (κ3) is 3.09. The second-order valence-electron chi connectivity index (χ2n) is 8.77. The van der Waals surface area contributed by atoms with Crippen molar-refractivity contribution in [3.63, 3.8) is 0 Å². The third-order valence-corrected chi connectivity index (χ3v) is 6.81. The largest absolute Gasteiger partial charge is 0.423 e. The van der Waals surface area contributed by atoms with Crippen molar-refractivity contribution < 1.29 is 9.13 Å². The van der Waals surface area contributed by atoms with Crippen LogP contribution in [0.15, 0.2) is 30.5 Å². The molecule has 2 atom stereocenters. The summed E-state index contributed by atoms with van der Waals surface area (Å²) in [6.45, 7) is 4.89. The molecule has 1 aromatic carbocycles. The molecule has 0 bridgehead atoms. The molecule has 3 aromatic rings. The van der Waals surface area contributed by atoms with E-state index in [1.165, 1.54) is 0 Å². The van der Waals surface area contributed by atoms with E-state index in [-0.39, 0.29) is 5.82 Å². The molecule has 0 amide bonds. The summed E-state index contributed by atoms with van der Waals surface area (Å²) < 4.78 is 20.5. The third-order valence-electron chi connectivity index (χ3n) is 6.81. The molecule has 2 N–H and O–H groups in total. The minimum Gasteiger partial charge on any atom is -0.423 e. The summed E-state index contributed by atoms with van der Waals surface area (Å²) in [7, 11) is 1.82. The molecule has 2 aliphatic heterocycles. The Balaban J connectivity index is 1.46. The number of nitrogens with one attached hydrogen (secondary N) is 2. The highest BCUT2D eigenvalue weighted by Gasteiger charge is 2.43. The number of piperidine rings is 1. The minimum atomic E-state index is -0.263. The maximum atomic E-state index is 14.5. The number of hydrogen-bond donors (Lipinski definition) is 2. The molecule has 2 saturated heterocycles. The highest BCUT2D eigenvalue weighted by atomic mass is 19.1. The van der Waals surface area contributed by atoms with Gasteiger partial charge in [-0.1, -0.05) is 0 Å². The van der Waals surface area contributed by atoms with Gasteiger partial charge in [0.15, 0.2) is 0 Å². The number of benzene rings is 1. The summed E-state index contributed by atoms with van der Waals surface area (Å²) in [6.07, 6.45) is 3.36. The molecule has 6 rings (SSSR count). The Morgan fingerprint density at radius 2 is 2.16 bits per heavy atom. The second kappa shape index (κ2) is 7.41. The first-order chi connectivity index (χ1) is 15.6. The molecule has 2 fully saturated rings. The lowest BCUT2D eigenvalue weighted by Gasteiger charge is -2.52. The standard InChI is InChI=1S/C24H25FN6O/c1-13-3-4-16(11-28-13)32-24-29-20-9-17-18(7-15(25)8-19(17)26-2)22(20)23(30-24)31-12-14-10-27-6-5-21(14)31/h3-4,7-8,11,14,21,26-27H,5-6,9-10,12H2,1-2H3. The number of pyridine rings is 1. The fourth-order valence-electron chi connectivity index (χ4n) is 5.19. The SMILES string of the molecule is CNc1cc(F)cc2c1Cc1nc(Oc3ccc(C)nc3)nc(N3CC4CNCCC43)c1-2. The number of ether oxygens (including phenoxy) is 1. The maximum Gasteiger partial charge on any atom is 0.324 e. The zero-order chi connectivity index (χ0) is 21.8. The van der Waals surface area contributed by atoms with Gasteiger partial charge in [0.05, 0.1) is 11.9 Å². The Kier molecular flexibility index (Phi) is 4.50. The van der Waals surface area contributed by atoms with Crippen molar-refractivity contribution in [3.05, 3.63) is 53.2 Å². The number of aryl methyl sites for hydroxylation is 1. The molecule has 1 aliphatic carbocycles. The molecule has 0 radical (unpaired) electrons. The maximum absolute atomic E-state index is 14.5. The molecule has 2 unspecified atom stereocenters. The normalized spacial score (nSPS) is 20.8. The predicted molar refractivity (Wildman–Crippen MR) is 121 cm³/mol. The summed E-state index contributed by atoms with van der Waals surface area (Å²) in [5, 5.41) is 6.61. The van der Waals surface area contributed by atoms with Gasteiger partial charge in [-0.05, 0) is 55.3 Å². The number of aromatic nitrogens is 3. The van der Waals surface area contributed by atoms with E-state index in [9.17, 15) is 4.39 Å². The van der Waals surface area contributed by atoms with Gasteiger partial charge in [-0.2, -0.15) is 9.97 Å². The zero-order valence-electron chi connectivity index (χ0n) is 18.2. The summed E-state index contributed by atoms with van der Waals surface area (Å²) in [5.74, 6) is 1.80. The minimum absolute atomic E-state index is 0.263. The van der Waals surface area contributed by atoms with Crippen molar-refractivity contribution in [2.75, 3.05) is 36.9 Å². The number of rotatable bonds is 4. The average molecular weight is 433 g/mol. The van der Waals surface area contributed by atoms with Crippen LogP contribution >= 0.6 is 0 Å². The van der Waals surface area contributed by atoms with Gasteiger partial charge >= 0.3 is 6.01 Å². The van der Waals surface area contributed by atoms with E-state index >= 15 is 0 Å². The van der Waals surface area contributed by atoms with Crippen LogP contribution in [0.4, 0.5) is 15.9 Å². The van der Waals surface area contributed by atoms with Crippen LogP contribution < -0.4 is 20.3 Å². The number of anilines is 2. The van der Waals surface area contributed by atoms with Crippen molar-refractivity contribution >= 4 is 11.5 Å². The lowest BCUT2D eigenvalue weighted by Crippen LogP contribution is -2.63. The van der Waals surface area contributed by atoms with Gasteiger partial charge < -0.3 is 20.3 Å². The number of fused-ring (bicyclic) bond motifs is 4. The van der Waals surface area contributed by atoms with Crippen LogP contribution in [0.3, 0.4) is 0 Å². The molecule has 8 heteroatoms. The molecule has 7 nitrogen and oxygen atoms in total. The Bertz CT molecular complexity index is 1200. The second-order valence-corrected chi connectivity index (χ2v) is 8.77. The van der Waals surface area contributed by atoms with E-state index < -0.39 is 0 Å². The molecule has 2 aromatic heterocycles. The average Bonchev–Trinajstić information content (AvgIpc) is 3.14. The molecule has 0 spiro atoms. The summed E-state index contributed by atoms with van der Waals surface area (Å²) in [4.78, 5) is 16.3. The van der Waals surface area contributed by atoms with Gasteiger partial charge in [-0.15, -0.1) is 0 Å². The lowest BCUT2D eigenvalue weighted by atomic mass is 9.83. The monoisotopic (exact) mass is 432 g/mol.